The zero-order chi connectivity index (χ0) is 17.5. The predicted octanol–water partition coefficient (Wildman–Crippen LogP) is 2.69. The molecule has 2 amide bonds. The Hall–Kier alpha value is -1.77. The molecule has 0 bridgehead atoms. The van der Waals surface area contributed by atoms with E-state index >= 15 is 0 Å². The average Bonchev–Trinajstić information content (AvgIpc) is 2.49. The molecule has 6 heteroatoms. The SMILES string of the molecule is C[C@@H](C#N)CNC(=O)CCC1CCN(C(=O)OC(C)(C)C)CC1. The van der Waals surface area contributed by atoms with Crippen LogP contribution in [0.1, 0.15) is 53.4 Å². The standard InChI is InChI=1S/C17H29N3O3/c1-13(11-18)12-19-15(21)6-5-14-7-9-20(10-8-14)16(22)23-17(2,3)4/h13-14H,5-10,12H2,1-4H3,(H,19,21)/t13-/m0/s1. The van der Waals surface area contributed by atoms with Gasteiger partial charge in [-0.3, -0.25) is 4.79 Å². The van der Waals surface area contributed by atoms with Crippen LogP contribution in [-0.4, -0.2) is 42.1 Å². The smallest absolute Gasteiger partial charge is 0.410 e. The number of hydrogen-bond donors (Lipinski definition) is 1. The summed E-state index contributed by atoms with van der Waals surface area (Å²) in [7, 11) is 0. The van der Waals surface area contributed by atoms with Crippen LogP contribution in [0.2, 0.25) is 0 Å². The van der Waals surface area contributed by atoms with E-state index in [4.69, 9.17) is 10.00 Å². The summed E-state index contributed by atoms with van der Waals surface area (Å²) < 4.78 is 5.37. The van der Waals surface area contributed by atoms with E-state index in [-0.39, 0.29) is 17.9 Å². The molecule has 130 valence electrons. The number of piperidine rings is 1. The minimum Gasteiger partial charge on any atom is -0.444 e. The molecule has 0 aromatic heterocycles. The number of carbonyl (C=O) groups is 2. The number of nitriles is 1. The van der Waals surface area contributed by atoms with Gasteiger partial charge in [0.2, 0.25) is 5.91 Å². The summed E-state index contributed by atoms with van der Waals surface area (Å²) in [6.45, 7) is 9.16. The van der Waals surface area contributed by atoms with Gasteiger partial charge < -0.3 is 15.0 Å². The molecule has 0 aromatic rings. The molecule has 0 spiro atoms. The van der Waals surface area contributed by atoms with Crippen molar-refractivity contribution >= 4 is 12.0 Å². The lowest BCUT2D eigenvalue weighted by Crippen LogP contribution is -2.41. The van der Waals surface area contributed by atoms with Gasteiger partial charge in [-0.2, -0.15) is 5.26 Å². The number of nitrogens with zero attached hydrogens (tertiary/aromatic N) is 2. The van der Waals surface area contributed by atoms with Crippen molar-refractivity contribution in [3.8, 4) is 6.07 Å². The Balaban J connectivity index is 2.23. The highest BCUT2D eigenvalue weighted by atomic mass is 16.6. The van der Waals surface area contributed by atoms with Gasteiger partial charge in [0.1, 0.15) is 5.60 Å². The van der Waals surface area contributed by atoms with E-state index in [0.717, 1.165) is 19.3 Å². The van der Waals surface area contributed by atoms with Crippen LogP contribution in [0.3, 0.4) is 0 Å². The Morgan fingerprint density at radius 2 is 1.96 bits per heavy atom. The highest BCUT2D eigenvalue weighted by molar-refractivity contribution is 5.75. The van der Waals surface area contributed by atoms with Gasteiger partial charge in [-0.15, -0.1) is 0 Å². The molecular formula is C17H29N3O3. The quantitative estimate of drug-likeness (QED) is 0.843. The van der Waals surface area contributed by atoms with Crippen LogP contribution in [-0.2, 0) is 9.53 Å². The highest BCUT2D eigenvalue weighted by Gasteiger charge is 2.26. The maximum Gasteiger partial charge on any atom is 0.410 e. The molecule has 1 rings (SSSR count). The van der Waals surface area contributed by atoms with Gasteiger partial charge in [0.05, 0.1) is 12.0 Å². The number of carbonyl (C=O) groups excluding carboxylic acids is 2. The first-order chi connectivity index (χ1) is 10.7. The van der Waals surface area contributed by atoms with Gasteiger partial charge in [-0.05, 0) is 52.9 Å². The van der Waals surface area contributed by atoms with Crippen LogP contribution in [0.4, 0.5) is 4.79 Å². The zero-order valence-electron chi connectivity index (χ0n) is 14.7. The van der Waals surface area contributed by atoms with E-state index in [1.54, 1.807) is 11.8 Å². The number of nitrogens with one attached hydrogen (secondary N) is 1. The second kappa shape index (κ2) is 8.76. The van der Waals surface area contributed by atoms with E-state index in [0.29, 0.717) is 32.0 Å². The normalized spacial score (nSPS) is 17.3. The van der Waals surface area contributed by atoms with Crippen molar-refractivity contribution in [1.82, 2.24) is 10.2 Å². The minimum absolute atomic E-state index is 0.00155. The van der Waals surface area contributed by atoms with Gasteiger partial charge >= 0.3 is 6.09 Å². The molecule has 1 saturated heterocycles. The molecule has 1 aliphatic rings. The van der Waals surface area contributed by atoms with Gasteiger partial charge in [-0.1, -0.05) is 0 Å². The number of amides is 2. The number of ether oxygens (including phenoxy) is 1. The number of likely N-dealkylation sites (tertiary alicyclic amines) is 1. The van der Waals surface area contributed by atoms with E-state index in [2.05, 4.69) is 11.4 Å². The van der Waals surface area contributed by atoms with Crippen LogP contribution in [0.5, 0.6) is 0 Å². The summed E-state index contributed by atoms with van der Waals surface area (Å²) in [5.74, 6) is 0.311. The largest absolute Gasteiger partial charge is 0.444 e. The van der Waals surface area contributed by atoms with E-state index in [1.165, 1.54) is 0 Å². The van der Waals surface area contributed by atoms with Crippen molar-refractivity contribution < 1.29 is 14.3 Å². The summed E-state index contributed by atoms with van der Waals surface area (Å²) in [6, 6.07) is 2.09. The van der Waals surface area contributed by atoms with Crippen molar-refractivity contribution in [2.24, 2.45) is 11.8 Å². The van der Waals surface area contributed by atoms with Crippen LogP contribution >= 0.6 is 0 Å². The lowest BCUT2D eigenvalue weighted by molar-refractivity contribution is -0.121. The second-order valence-corrected chi connectivity index (χ2v) is 7.28. The molecule has 1 atom stereocenters. The average molecular weight is 323 g/mol. The van der Waals surface area contributed by atoms with Gasteiger partial charge in [0, 0.05) is 26.1 Å². The third-order valence-corrected chi connectivity index (χ3v) is 3.87. The summed E-state index contributed by atoms with van der Waals surface area (Å²) in [4.78, 5) is 25.5. The lowest BCUT2D eigenvalue weighted by atomic mass is 9.92. The fourth-order valence-corrected chi connectivity index (χ4v) is 2.47. The van der Waals surface area contributed by atoms with Crippen LogP contribution in [0.25, 0.3) is 0 Å². The van der Waals surface area contributed by atoms with Gasteiger partial charge in [0.25, 0.3) is 0 Å². The number of hydrogen-bond acceptors (Lipinski definition) is 4. The molecule has 0 radical (unpaired) electrons. The molecule has 1 heterocycles. The van der Waals surface area contributed by atoms with Gasteiger partial charge in [-0.25, -0.2) is 4.79 Å². The Morgan fingerprint density at radius 3 is 2.48 bits per heavy atom. The molecule has 23 heavy (non-hydrogen) atoms. The van der Waals surface area contributed by atoms with Crippen LogP contribution in [0, 0.1) is 23.2 Å². The molecular weight excluding hydrogens is 294 g/mol. The fraction of sp³-hybridized carbons (Fsp3) is 0.824. The zero-order valence-corrected chi connectivity index (χ0v) is 14.7. The van der Waals surface area contributed by atoms with Crippen LogP contribution in [0.15, 0.2) is 0 Å². The Bertz CT molecular complexity index is 443. The fourth-order valence-electron chi connectivity index (χ4n) is 2.47. The molecule has 0 saturated carbocycles. The molecule has 6 nitrogen and oxygen atoms in total. The maximum absolute atomic E-state index is 12.0. The van der Waals surface area contributed by atoms with Crippen molar-refractivity contribution in [3.05, 3.63) is 0 Å². The van der Waals surface area contributed by atoms with E-state index in [1.807, 2.05) is 20.8 Å². The van der Waals surface area contributed by atoms with Crippen molar-refractivity contribution in [2.45, 2.75) is 59.0 Å². The third-order valence-electron chi connectivity index (χ3n) is 3.87. The molecule has 1 fully saturated rings. The first-order valence-electron chi connectivity index (χ1n) is 8.35. The van der Waals surface area contributed by atoms with Crippen molar-refractivity contribution in [1.29, 1.82) is 5.26 Å². The topological polar surface area (TPSA) is 82.4 Å². The summed E-state index contributed by atoms with van der Waals surface area (Å²) >= 11 is 0. The third kappa shape index (κ3) is 7.87. The summed E-state index contributed by atoms with van der Waals surface area (Å²) in [6.07, 6.45) is 2.87. The molecule has 1 aliphatic heterocycles. The maximum atomic E-state index is 12.0. The summed E-state index contributed by atoms with van der Waals surface area (Å²) in [5, 5.41) is 11.5. The monoisotopic (exact) mass is 323 g/mol. The molecule has 0 aliphatic carbocycles. The minimum atomic E-state index is -0.466. The Labute approximate surface area is 139 Å². The van der Waals surface area contributed by atoms with E-state index < -0.39 is 5.60 Å². The van der Waals surface area contributed by atoms with Gasteiger partial charge in [0.15, 0.2) is 0 Å². The predicted molar refractivity (Wildman–Crippen MR) is 87.6 cm³/mol. The van der Waals surface area contributed by atoms with E-state index in [9.17, 15) is 9.59 Å². The molecule has 0 unspecified atom stereocenters. The van der Waals surface area contributed by atoms with Crippen molar-refractivity contribution in [2.75, 3.05) is 19.6 Å². The van der Waals surface area contributed by atoms with Crippen LogP contribution < -0.4 is 5.32 Å². The molecule has 0 aromatic carbocycles. The van der Waals surface area contributed by atoms with Crippen molar-refractivity contribution in [3.63, 3.8) is 0 Å². The first kappa shape index (κ1) is 19.3. The molecule has 1 N–H and O–H groups in total. The first-order valence-corrected chi connectivity index (χ1v) is 8.35. The second-order valence-electron chi connectivity index (χ2n) is 7.28. The lowest BCUT2D eigenvalue weighted by Gasteiger charge is -2.33. The highest BCUT2D eigenvalue weighted by Crippen LogP contribution is 2.23. The Kier molecular flexibility index (Phi) is 7.34. The summed E-state index contributed by atoms with van der Waals surface area (Å²) in [5.41, 5.74) is -0.466. The number of rotatable bonds is 5. The Morgan fingerprint density at radius 1 is 1.35 bits per heavy atom.